The van der Waals surface area contributed by atoms with Crippen molar-refractivity contribution in [3.05, 3.63) is 42.5 Å². The topological polar surface area (TPSA) is 44.8 Å². The Hall–Kier alpha value is -1.81. The van der Waals surface area contributed by atoms with Gasteiger partial charge in [-0.2, -0.15) is 0 Å². The molecule has 0 aliphatic heterocycles. The molecule has 1 fully saturated rings. The molecule has 29 heavy (non-hydrogen) atoms. The van der Waals surface area contributed by atoms with Crippen molar-refractivity contribution in [2.45, 2.75) is 83.7 Å². The minimum atomic E-state index is -0.386. The van der Waals surface area contributed by atoms with Gasteiger partial charge in [-0.15, -0.1) is 0 Å². The zero-order valence-corrected chi connectivity index (χ0v) is 18.1. The largest absolute Gasteiger partial charge is 0.468 e. The molecule has 0 spiro atoms. The lowest BCUT2D eigenvalue weighted by Gasteiger charge is -2.28. The Morgan fingerprint density at radius 3 is 2.48 bits per heavy atom. The van der Waals surface area contributed by atoms with E-state index >= 15 is 0 Å². The summed E-state index contributed by atoms with van der Waals surface area (Å²) in [7, 11) is 0. The van der Waals surface area contributed by atoms with E-state index in [0.717, 1.165) is 30.1 Å². The fourth-order valence-electron chi connectivity index (χ4n) is 3.90. The average molecular weight is 403 g/mol. The first-order valence-electron chi connectivity index (χ1n) is 11.3. The SMILES string of the molecule is C=CC(=O)OCCc1ccc(OCOC2CCC(CCCCCCC)CC2)cc1. The van der Waals surface area contributed by atoms with Gasteiger partial charge in [-0.05, 0) is 49.3 Å². The first-order chi connectivity index (χ1) is 14.2. The first-order valence-corrected chi connectivity index (χ1v) is 11.3. The van der Waals surface area contributed by atoms with Crippen LogP contribution in [0, 0.1) is 5.92 Å². The van der Waals surface area contributed by atoms with E-state index in [1.165, 1.54) is 57.4 Å². The van der Waals surface area contributed by atoms with Crippen molar-refractivity contribution in [1.29, 1.82) is 0 Å². The average Bonchev–Trinajstić information content (AvgIpc) is 2.75. The van der Waals surface area contributed by atoms with Crippen LogP contribution >= 0.6 is 0 Å². The molecule has 0 N–H and O–H groups in total. The van der Waals surface area contributed by atoms with Crippen molar-refractivity contribution < 1.29 is 19.0 Å². The van der Waals surface area contributed by atoms with Gasteiger partial charge in [0, 0.05) is 12.5 Å². The van der Waals surface area contributed by atoms with E-state index in [1.807, 2.05) is 24.3 Å². The minimum Gasteiger partial charge on any atom is -0.468 e. The predicted octanol–water partition coefficient (Wildman–Crippen LogP) is 6.23. The second kappa shape index (κ2) is 14.2. The maximum atomic E-state index is 11.0. The molecule has 1 aromatic rings. The Labute approximate surface area is 176 Å². The Bertz CT molecular complexity index is 573. The van der Waals surface area contributed by atoms with Gasteiger partial charge in [0.15, 0.2) is 6.79 Å². The van der Waals surface area contributed by atoms with E-state index < -0.39 is 0 Å². The van der Waals surface area contributed by atoms with Gasteiger partial charge in [0.2, 0.25) is 0 Å². The Kier molecular flexibility index (Phi) is 11.5. The van der Waals surface area contributed by atoms with E-state index in [0.29, 0.717) is 25.9 Å². The van der Waals surface area contributed by atoms with Gasteiger partial charge in [-0.1, -0.05) is 64.2 Å². The molecular formula is C25H38O4. The smallest absolute Gasteiger partial charge is 0.330 e. The Balaban J connectivity index is 1.54. The molecular weight excluding hydrogens is 364 g/mol. The highest BCUT2D eigenvalue weighted by Crippen LogP contribution is 2.30. The standard InChI is InChI=1S/C25H38O4/c1-3-5-6-7-8-9-21-10-14-23(15-11-21)28-20-29-24-16-12-22(13-17-24)18-19-27-25(26)4-2/h4,12-13,16-17,21,23H,2-3,5-11,14-15,18-20H2,1H3. The fraction of sp³-hybridized carbons (Fsp3) is 0.640. The van der Waals surface area contributed by atoms with Crippen LogP contribution in [0.15, 0.2) is 36.9 Å². The normalized spacial score (nSPS) is 18.9. The van der Waals surface area contributed by atoms with Crippen LogP contribution in [0.5, 0.6) is 5.75 Å². The lowest BCUT2D eigenvalue weighted by atomic mass is 9.84. The molecule has 2 rings (SSSR count). The summed E-state index contributed by atoms with van der Waals surface area (Å²) in [4.78, 5) is 11.0. The molecule has 0 amide bonds. The van der Waals surface area contributed by atoms with Crippen LogP contribution in [0.4, 0.5) is 0 Å². The molecule has 4 heteroatoms. The number of ether oxygens (including phenoxy) is 3. The van der Waals surface area contributed by atoms with Gasteiger partial charge >= 0.3 is 5.97 Å². The number of carbonyl (C=O) groups excluding carboxylic acids is 1. The number of hydrogen-bond donors (Lipinski definition) is 0. The van der Waals surface area contributed by atoms with Crippen LogP contribution in [0.25, 0.3) is 0 Å². The van der Waals surface area contributed by atoms with Crippen molar-refractivity contribution in [3.8, 4) is 5.75 Å². The maximum Gasteiger partial charge on any atom is 0.330 e. The summed E-state index contributed by atoms with van der Waals surface area (Å²) in [6, 6.07) is 7.85. The van der Waals surface area contributed by atoms with Crippen molar-refractivity contribution in [1.82, 2.24) is 0 Å². The molecule has 0 aromatic heterocycles. The van der Waals surface area contributed by atoms with Gasteiger partial charge in [-0.3, -0.25) is 0 Å². The quantitative estimate of drug-likeness (QED) is 0.160. The molecule has 1 aromatic carbocycles. The maximum absolute atomic E-state index is 11.0. The van der Waals surface area contributed by atoms with Gasteiger partial charge in [-0.25, -0.2) is 4.79 Å². The summed E-state index contributed by atoms with van der Waals surface area (Å²) in [6.07, 6.45) is 15.4. The predicted molar refractivity (Wildman–Crippen MR) is 117 cm³/mol. The summed E-state index contributed by atoms with van der Waals surface area (Å²) < 4.78 is 16.7. The highest BCUT2D eigenvalue weighted by Gasteiger charge is 2.21. The molecule has 1 aliphatic carbocycles. The van der Waals surface area contributed by atoms with Crippen LogP contribution in [0.1, 0.15) is 76.7 Å². The van der Waals surface area contributed by atoms with E-state index in [1.54, 1.807) is 0 Å². The fourth-order valence-corrected chi connectivity index (χ4v) is 3.90. The van der Waals surface area contributed by atoms with Gasteiger partial charge in [0.05, 0.1) is 12.7 Å². The molecule has 162 valence electrons. The van der Waals surface area contributed by atoms with Gasteiger partial charge < -0.3 is 14.2 Å². The van der Waals surface area contributed by atoms with Crippen molar-refractivity contribution >= 4 is 5.97 Å². The summed E-state index contributed by atoms with van der Waals surface area (Å²) >= 11 is 0. The van der Waals surface area contributed by atoms with E-state index in [2.05, 4.69) is 13.5 Å². The van der Waals surface area contributed by atoms with Crippen LogP contribution in [0.3, 0.4) is 0 Å². The Morgan fingerprint density at radius 2 is 1.79 bits per heavy atom. The molecule has 1 aliphatic rings. The summed E-state index contributed by atoms with van der Waals surface area (Å²) in [5.41, 5.74) is 1.10. The number of carbonyl (C=O) groups is 1. The molecule has 0 radical (unpaired) electrons. The molecule has 0 saturated heterocycles. The summed E-state index contributed by atoms with van der Waals surface area (Å²) in [5.74, 6) is 1.32. The highest BCUT2D eigenvalue weighted by molar-refractivity contribution is 5.81. The zero-order valence-electron chi connectivity index (χ0n) is 18.1. The van der Waals surface area contributed by atoms with E-state index in [4.69, 9.17) is 14.2 Å². The molecule has 4 nitrogen and oxygen atoms in total. The summed E-state index contributed by atoms with van der Waals surface area (Å²) in [5, 5.41) is 0. The third-order valence-electron chi connectivity index (χ3n) is 5.76. The van der Waals surface area contributed by atoms with Crippen molar-refractivity contribution in [2.24, 2.45) is 5.92 Å². The number of unbranched alkanes of at least 4 members (excludes halogenated alkanes) is 4. The number of benzene rings is 1. The number of esters is 1. The third-order valence-corrected chi connectivity index (χ3v) is 5.76. The van der Waals surface area contributed by atoms with Crippen LogP contribution in [0.2, 0.25) is 0 Å². The highest BCUT2D eigenvalue weighted by atomic mass is 16.7. The second-order valence-corrected chi connectivity index (χ2v) is 8.04. The molecule has 0 unspecified atom stereocenters. The molecule has 0 heterocycles. The zero-order chi connectivity index (χ0) is 20.7. The van der Waals surface area contributed by atoms with E-state index in [-0.39, 0.29) is 5.97 Å². The summed E-state index contributed by atoms with van der Waals surface area (Å²) in [6.45, 7) is 6.32. The Morgan fingerprint density at radius 1 is 1.07 bits per heavy atom. The van der Waals surface area contributed by atoms with Crippen LogP contribution < -0.4 is 4.74 Å². The number of rotatable bonds is 14. The lowest BCUT2D eigenvalue weighted by Crippen LogP contribution is -2.23. The third kappa shape index (κ3) is 9.98. The molecule has 1 saturated carbocycles. The number of hydrogen-bond acceptors (Lipinski definition) is 4. The first kappa shape index (κ1) is 23.5. The molecule has 0 atom stereocenters. The monoisotopic (exact) mass is 402 g/mol. The van der Waals surface area contributed by atoms with Crippen LogP contribution in [-0.2, 0) is 20.7 Å². The van der Waals surface area contributed by atoms with E-state index in [9.17, 15) is 4.79 Å². The minimum absolute atomic E-state index is 0.308. The lowest BCUT2D eigenvalue weighted by molar-refractivity contribution is -0.137. The van der Waals surface area contributed by atoms with Gasteiger partial charge in [0.1, 0.15) is 5.75 Å². The van der Waals surface area contributed by atoms with Gasteiger partial charge in [0.25, 0.3) is 0 Å². The van der Waals surface area contributed by atoms with Crippen molar-refractivity contribution in [2.75, 3.05) is 13.4 Å². The van der Waals surface area contributed by atoms with Crippen LogP contribution in [-0.4, -0.2) is 25.5 Å². The van der Waals surface area contributed by atoms with Crippen molar-refractivity contribution in [3.63, 3.8) is 0 Å². The molecule has 0 bridgehead atoms. The second-order valence-electron chi connectivity index (χ2n) is 8.04.